The van der Waals surface area contributed by atoms with E-state index in [1.54, 1.807) is 0 Å². The molecule has 1 aromatic carbocycles. The molecule has 0 aliphatic carbocycles. The summed E-state index contributed by atoms with van der Waals surface area (Å²) in [6.45, 7) is 4.90. The van der Waals surface area contributed by atoms with Crippen LogP contribution in [-0.2, 0) is 0 Å². The number of ether oxygens (including phenoxy) is 1. The highest BCUT2D eigenvalue weighted by atomic mass is 32.2. The van der Waals surface area contributed by atoms with Gasteiger partial charge in [-0.15, -0.1) is 11.8 Å². The van der Waals surface area contributed by atoms with Gasteiger partial charge in [0.15, 0.2) is 0 Å². The molecule has 0 saturated heterocycles. The van der Waals surface area contributed by atoms with Crippen molar-refractivity contribution < 1.29 is 4.74 Å². The molecule has 18 heavy (non-hydrogen) atoms. The molecule has 1 aliphatic heterocycles. The lowest BCUT2D eigenvalue weighted by molar-refractivity contribution is 0.242. The van der Waals surface area contributed by atoms with E-state index in [1.807, 2.05) is 11.8 Å². The van der Waals surface area contributed by atoms with Crippen molar-refractivity contribution in [3.05, 3.63) is 23.8 Å². The third-order valence-corrected chi connectivity index (χ3v) is 4.44. The van der Waals surface area contributed by atoms with Gasteiger partial charge in [-0.2, -0.15) is 0 Å². The van der Waals surface area contributed by atoms with Crippen molar-refractivity contribution in [1.82, 2.24) is 0 Å². The molecule has 100 valence electrons. The van der Waals surface area contributed by atoms with E-state index in [4.69, 9.17) is 10.5 Å². The van der Waals surface area contributed by atoms with Crippen molar-refractivity contribution in [2.24, 2.45) is 5.73 Å². The fraction of sp³-hybridized carbons (Fsp3) is 0.600. The van der Waals surface area contributed by atoms with Gasteiger partial charge in [0.2, 0.25) is 0 Å². The Morgan fingerprint density at radius 3 is 3.00 bits per heavy atom. The number of benzene rings is 1. The smallest absolute Gasteiger partial charge is 0.120 e. The van der Waals surface area contributed by atoms with Crippen LogP contribution in [0.15, 0.2) is 23.1 Å². The third-order valence-electron chi connectivity index (χ3n) is 3.26. The summed E-state index contributed by atoms with van der Waals surface area (Å²) >= 11 is 1.97. The van der Waals surface area contributed by atoms with Crippen molar-refractivity contribution in [2.75, 3.05) is 12.3 Å². The average molecular weight is 265 g/mol. The molecule has 1 atom stereocenters. The van der Waals surface area contributed by atoms with Crippen molar-refractivity contribution in [3.63, 3.8) is 0 Å². The molecule has 0 bridgehead atoms. The van der Waals surface area contributed by atoms with Crippen LogP contribution >= 0.6 is 11.8 Å². The molecule has 3 heteroatoms. The van der Waals surface area contributed by atoms with Crippen LogP contribution in [0, 0.1) is 0 Å². The summed E-state index contributed by atoms with van der Waals surface area (Å²) < 4.78 is 5.81. The van der Waals surface area contributed by atoms with Gasteiger partial charge < -0.3 is 10.5 Å². The SMILES string of the molecule is CC(C)Oc1ccc2c(c1)C(CCN)CCCS2. The first-order chi connectivity index (χ1) is 8.70. The van der Waals surface area contributed by atoms with E-state index in [0.29, 0.717) is 5.92 Å². The molecule has 1 aliphatic rings. The van der Waals surface area contributed by atoms with Crippen LogP contribution in [0.4, 0.5) is 0 Å². The molecule has 2 nitrogen and oxygen atoms in total. The molecular weight excluding hydrogens is 242 g/mol. The third kappa shape index (κ3) is 3.42. The molecule has 0 saturated carbocycles. The lowest BCUT2D eigenvalue weighted by Crippen LogP contribution is -2.09. The molecule has 0 spiro atoms. The van der Waals surface area contributed by atoms with Gasteiger partial charge in [-0.1, -0.05) is 0 Å². The molecule has 0 aromatic heterocycles. The minimum Gasteiger partial charge on any atom is -0.491 e. The molecular formula is C15H23NOS. The second kappa shape index (κ2) is 6.48. The zero-order valence-corrected chi connectivity index (χ0v) is 12.1. The van der Waals surface area contributed by atoms with Crippen molar-refractivity contribution in [3.8, 4) is 5.75 Å². The van der Waals surface area contributed by atoms with E-state index in [-0.39, 0.29) is 6.10 Å². The summed E-state index contributed by atoms with van der Waals surface area (Å²) in [6, 6.07) is 6.54. The van der Waals surface area contributed by atoms with Gasteiger partial charge in [0.05, 0.1) is 6.10 Å². The molecule has 1 unspecified atom stereocenters. The number of fused-ring (bicyclic) bond motifs is 1. The topological polar surface area (TPSA) is 35.2 Å². The van der Waals surface area contributed by atoms with Gasteiger partial charge in [0.25, 0.3) is 0 Å². The van der Waals surface area contributed by atoms with E-state index < -0.39 is 0 Å². The van der Waals surface area contributed by atoms with E-state index in [9.17, 15) is 0 Å². The predicted octanol–water partition coefficient (Wildman–Crippen LogP) is 3.79. The Bertz CT molecular complexity index is 392. The minimum atomic E-state index is 0.231. The number of rotatable bonds is 4. The lowest BCUT2D eigenvalue weighted by Gasteiger charge is -2.18. The second-order valence-corrected chi connectivity index (χ2v) is 6.27. The van der Waals surface area contributed by atoms with Crippen LogP contribution < -0.4 is 10.5 Å². The van der Waals surface area contributed by atoms with Crippen LogP contribution in [0.1, 0.15) is 44.6 Å². The predicted molar refractivity (Wildman–Crippen MR) is 78.6 cm³/mol. The second-order valence-electron chi connectivity index (χ2n) is 5.13. The number of hydrogen-bond donors (Lipinski definition) is 1. The first-order valence-corrected chi connectivity index (χ1v) is 7.82. The molecule has 1 heterocycles. The zero-order valence-electron chi connectivity index (χ0n) is 11.3. The van der Waals surface area contributed by atoms with Gasteiger partial charge in [-0.25, -0.2) is 0 Å². The van der Waals surface area contributed by atoms with Crippen LogP contribution in [0.2, 0.25) is 0 Å². The fourth-order valence-corrected chi connectivity index (χ4v) is 3.58. The first kappa shape index (κ1) is 13.8. The summed E-state index contributed by atoms with van der Waals surface area (Å²) in [4.78, 5) is 1.42. The summed E-state index contributed by atoms with van der Waals surface area (Å²) in [7, 11) is 0. The Morgan fingerprint density at radius 1 is 1.44 bits per heavy atom. The Morgan fingerprint density at radius 2 is 2.28 bits per heavy atom. The maximum Gasteiger partial charge on any atom is 0.120 e. The standard InChI is InChI=1S/C15H23NOS/c1-11(2)17-13-5-6-15-14(10-13)12(7-8-16)4-3-9-18-15/h5-6,10-12H,3-4,7-9,16H2,1-2H3. The maximum atomic E-state index is 5.81. The van der Waals surface area contributed by atoms with Gasteiger partial charge in [0, 0.05) is 4.90 Å². The summed E-state index contributed by atoms with van der Waals surface area (Å²) in [6.07, 6.45) is 3.85. The molecule has 2 N–H and O–H groups in total. The van der Waals surface area contributed by atoms with Gasteiger partial charge >= 0.3 is 0 Å². The largest absolute Gasteiger partial charge is 0.491 e. The normalized spacial score (nSPS) is 19.4. The van der Waals surface area contributed by atoms with Crippen molar-refractivity contribution in [1.29, 1.82) is 0 Å². The summed E-state index contributed by atoms with van der Waals surface area (Å²) in [5.41, 5.74) is 7.19. The van der Waals surface area contributed by atoms with Crippen molar-refractivity contribution >= 4 is 11.8 Å². The van der Waals surface area contributed by atoms with Gasteiger partial charge in [-0.05, 0) is 75.1 Å². The highest BCUT2D eigenvalue weighted by molar-refractivity contribution is 7.99. The zero-order chi connectivity index (χ0) is 13.0. The number of hydrogen-bond acceptors (Lipinski definition) is 3. The Balaban J connectivity index is 2.27. The first-order valence-electron chi connectivity index (χ1n) is 6.84. The van der Waals surface area contributed by atoms with Gasteiger partial charge in [0.1, 0.15) is 5.75 Å². The van der Waals surface area contributed by atoms with Crippen LogP contribution in [-0.4, -0.2) is 18.4 Å². The Hall–Kier alpha value is -0.670. The van der Waals surface area contributed by atoms with Crippen molar-refractivity contribution in [2.45, 2.75) is 50.0 Å². The lowest BCUT2D eigenvalue weighted by atomic mass is 9.91. The molecule has 0 fully saturated rings. The quantitative estimate of drug-likeness (QED) is 0.899. The fourth-order valence-electron chi connectivity index (χ4n) is 2.49. The highest BCUT2D eigenvalue weighted by Gasteiger charge is 2.19. The van der Waals surface area contributed by atoms with Gasteiger partial charge in [-0.3, -0.25) is 0 Å². The van der Waals surface area contributed by atoms with E-state index in [0.717, 1.165) is 18.7 Å². The Kier molecular flexibility index (Phi) is 4.95. The monoisotopic (exact) mass is 265 g/mol. The maximum absolute atomic E-state index is 5.81. The Labute approximate surface area is 114 Å². The van der Waals surface area contributed by atoms with E-state index >= 15 is 0 Å². The van der Waals surface area contributed by atoms with E-state index in [1.165, 1.54) is 29.1 Å². The summed E-state index contributed by atoms with van der Waals surface area (Å²) in [5.74, 6) is 2.82. The summed E-state index contributed by atoms with van der Waals surface area (Å²) in [5, 5.41) is 0. The molecule has 0 amide bonds. The van der Waals surface area contributed by atoms with Crippen LogP contribution in [0.5, 0.6) is 5.75 Å². The molecule has 2 rings (SSSR count). The number of nitrogens with two attached hydrogens (primary N) is 1. The van der Waals surface area contributed by atoms with Crippen LogP contribution in [0.25, 0.3) is 0 Å². The average Bonchev–Trinajstić information content (AvgIpc) is 2.52. The van der Waals surface area contributed by atoms with E-state index in [2.05, 4.69) is 32.0 Å². The number of thioether (sulfide) groups is 1. The highest BCUT2D eigenvalue weighted by Crippen LogP contribution is 2.39. The molecule has 0 radical (unpaired) electrons. The minimum absolute atomic E-state index is 0.231. The molecule has 1 aromatic rings. The van der Waals surface area contributed by atoms with Crippen LogP contribution in [0.3, 0.4) is 0 Å².